The van der Waals surface area contributed by atoms with Crippen LogP contribution in [0.5, 0.6) is 0 Å². The zero-order valence-corrected chi connectivity index (χ0v) is 21.9. The molecular weight excluding hydrogens is 502 g/mol. The highest BCUT2D eigenvalue weighted by Crippen LogP contribution is 2.35. The van der Waals surface area contributed by atoms with Gasteiger partial charge < -0.3 is 15.0 Å². The summed E-state index contributed by atoms with van der Waals surface area (Å²) in [7, 11) is 0. The van der Waals surface area contributed by atoms with E-state index in [4.69, 9.17) is 21.9 Å². The van der Waals surface area contributed by atoms with Gasteiger partial charge in [-0.15, -0.1) is 0 Å². The van der Waals surface area contributed by atoms with Gasteiger partial charge in [0.15, 0.2) is 0 Å². The number of piperazine rings is 1. The molecule has 2 aliphatic heterocycles. The average molecular weight is 530 g/mol. The Labute approximate surface area is 217 Å². The second-order valence-electron chi connectivity index (χ2n) is 8.40. The molecule has 2 fully saturated rings. The van der Waals surface area contributed by atoms with Crippen LogP contribution < -0.4 is 15.8 Å². The third-order valence-electron chi connectivity index (χ3n) is 6.15. The molecule has 0 bridgehead atoms. The van der Waals surface area contributed by atoms with Crippen LogP contribution in [-0.2, 0) is 19.1 Å². The van der Waals surface area contributed by atoms with E-state index >= 15 is 0 Å². The molecule has 190 valence electrons. The van der Waals surface area contributed by atoms with Gasteiger partial charge >= 0.3 is 5.97 Å². The lowest BCUT2D eigenvalue weighted by atomic mass is 10.1. The van der Waals surface area contributed by atoms with Crippen LogP contribution in [0.2, 0.25) is 0 Å². The van der Waals surface area contributed by atoms with Crippen molar-refractivity contribution < 1.29 is 19.1 Å². The van der Waals surface area contributed by atoms with Crippen molar-refractivity contribution in [2.24, 2.45) is 0 Å². The molecule has 0 unspecified atom stereocenters. The summed E-state index contributed by atoms with van der Waals surface area (Å²) in [5, 5.41) is 2.76. The number of hydrogen-bond acceptors (Lipinski definition) is 9. The van der Waals surface area contributed by atoms with Crippen molar-refractivity contribution in [3.63, 3.8) is 0 Å². The van der Waals surface area contributed by atoms with Crippen molar-refractivity contribution in [1.82, 2.24) is 19.6 Å². The summed E-state index contributed by atoms with van der Waals surface area (Å²) in [4.78, 5) is 60.1. The van der Waals surface area contributed by atoms with Crippen molar-refractivity contribution in [3.8, 4) is 0 Å². The number of hydrogen-bond donors (Lipinski definition) is 1. The molecule has 10 nitrogen and oxygen atoms in total. The maximum atomic E-state index is 13.6. The van der Waals surface area contributed by atoms with Crippen molar-refractivity contribution in [3.05, 3.63) is 45.2 Å². The number of ether oxygens (including phenoxy) is 1. The van der Waals surface area contributed by atoms with E-state index in [1.165, 1.54) is 10.5 Å². The van der Waals surface area contributed by atoms with Crippen LogP contribution in [0.25, 0.3) is 11.7 Å². The van der Waals surface area contributed by atoms with Crippen LogP contribution >= 0.6 is 24.0 Å². The number of anilines is 1. The van der Waals surface area contributed by atoms with Gasteiger partial charge in [0.25, 0.3) is 11.5 Å². The van der Waals surface area contributed by atoms with Gasteiger partial charge in [0.1, 0.15) is 21.8 Å². The van der Waals surface area contributed by atoms with Crippen LogP contribution in [0.4, 0.5) is 5.82 Å². The maximum absolute atomic E-state index is 13.6. The Morgan fingerprint density at radius 2 is 2.11 bits per heavy atom. The van der Waals surface area contributed by atoms with Crippen molar-refractivity contribution in [2.75, 3.05) is 24.6 Å². The fourth-order valence-corrected chi connectivity index (χ4v) is 5.60. The average Bonchev–Trinajstić information content (AvgIpc) is 3.14. The Kier molecular flexibility index (Phi) is 7.74. The summed E-state index contributed by atoms with van der Waals surface area (Å²) >= 11 is 6.57. The van der Waals surface area contributed by atoms with Gasteiger partial charge in [0.05, 0.1) is 23.5 Å². The molecule has 2 amide bonds. The van der Waals surface area contributed by atoms with E-state index in [1.54, 1.807) is 41.1 Å². The Hall–Kier alpha value is -3.25. The summed E-state index contributed by atoms with van der Waals surface area (Å²) in [5.74, 6) is -0.942. The lowest BCUT2D eigenvalue weighted by Crippen LogP contribution is -2.57. The number of pyridine rings is 1. The summed E-state index contributed by atoms with van der Waals surface area (Å²) in [6.45, 7) is 6.39. The fraction of sp³-hybridized carbons (Fsp3) is 0.417. The topological polar surface area (TPSA) is 113 Å². The number of amides is 2. The van der Waals surface area contributed by atoms with Crippen molar-refractivity contribution >= 4 is 63.6 Å². The minimum absolute atomic E-state index is 0.0848. The molecule has 2 aromatic rings. The monoisotopic (exact) mass is 529 g/mol. The highest BCUT2D eigenvalue weighted by molar-refractivity contribution is 8.26. The Balaban J connectivity index is 1.86. The first-order valence-electron chi connectivity index (χ1n) is 11.7. The normalized spacial score (nSPS) is 20.2. The summed E-state index contributed by atoms with van der Waals surface area (Å²) in [6, 6.07) is 4.14. The second kappa shape index (κ2) is 10.8. The minimum Gasteiger partial charge on any atom is -0.466 e. The molecule has 0 radical (unpaired) electrons. The van der Waals surface area contributed by atoms with Crippen molar-refractivity contribution in [2.45, 2.75) is 45.7 Å². The van der Waals surface area contributed by atoms with Gasteiger partial charge in [-0.3, -0.25) is 28.5 Å². The molecule has 36 heavy (non-hydrogen) atoms. The van der Waals surface area contributed by atoms with Crippen LogP contribution in [-0.4, -0.2) is 68.2 Å². The van der Waals surface area contributed by atoms with Gasteiger partial charge in [-0.2, -0.15) is 0 Å². The van der Waals surface area contributed by atoms with E-state index in [-0.39, 0.29) is 42.3 Å². The van der Waals surface area contributed by atoms with Gasteiger partial charge in [0.2, 0.25) is 5.91 Å². The summed E-state index contributed by atoms with van der Waals surface area (Å²) in [5.41, 5.74) is 0.125. The standard InChI is InChI=1S/C24H27N5O5S2/c1-4-14(3)29-23(33)17(36-24(29)35)12-15-20(26-18-8-6-7-10-28(18)22(15)32)27-11-9-25-21(31)16(27)13-19(30)34-5-2/h6-8,10,12,14,16H,4-5,9,11,13H2,1-3H3,(H,25,31)/b17-12-/t14-,16+/m0/s1. The number of carbonyl (C=O) groups is 3. The highest BCUT2D eigenvalue weighted by Gasteiger charge is 2.37. The molecule has 12 heteroatoms. The number of rotatable bonds is 7. The number of thiocarbonyl (C=S) groups is 1. The van der Waals surface area contributed by atoms with Crippen LogP contribution in [0, 0.1) is 0 Å². The summed E-state index contributed by atoms with van der Waals surface area (Å²) in [6.07, 6.45) is 3.61. The van der Waals surface area contributed by atoms with E-state index < -0.39 is 17.6 Å². The largest absolute Gasteiger partial charge is 0.466 e. The zero-order chi connectivity index (χ0) is 26.0. The Bertz CT molecular complexity index is 1320. The van der Waals surface area contributed by atoms with Crippen LogP contribution in [0.3, 0.4) is 0 Å². The molecule has 0 saturated carbocycles. The number of esters is 1. The molecule has 2 aliphatic rings. The van der Waals surface area contributed by atoms with Crippen LogP contribution in [0.1, 0.15) is 39.2 Å². The van der Waals surface area contributed by atoms with E-state index in [2.05, 4.69) is 5.32 Å². The lowest BCUT2D eigenvalue weighted by molar-refractivity contribution is -0.145. The molecule has 0 aliphatic carbocycles. The number of thioether (sulfide) groups is 1. The molecule has 0 aromatic carbocycles. The summed E-state index contributed by atoms with van der Waals surface area (Å²) < 4.78 is 6.88. The molecule has 2 aromatic heterocycles. The Morgan fingerprint density at radius 3 is 2.83 bits per heavy atom. The van der Waals surface area contributed by atoms with Gasteiger partial charge in [-0.25, -0.2) is 4.98 Å². The Morgan fingerprint density at radius 1 is 1.33 bits per heavy atom. The van der Waals surface area contributed by atoms with E-state index in [9.17, 15) is 19.2 Å². The predicted octanol–water partition coefficient (Wildman–Crippen LogP) is 1.95. The number of aromatic nitrogens is 2. The van der Waals surface area contributed by atoms with E-state index in [1.807, 2.05) is 13.8 Å². The molecule has 2 atom stereocenters. The second-order valence-corrected chi connectivity index (χ2v) is 10.1. The van der Waals surface area contributed by atoms with Gasteiger partial charge in [0, 0.05) is 25.3 Å². The van der Waals surface area contributed by atoms with Crippen LogP contribution in [0.15, 0.2) is 34.1 Å². The molecule has 2 saturated heterocycles. The fourth-order valence-electron chi connectivity index (χ4n) is 4.16. The first kappa shape index (κ1) is 25.8. The third kappa shape index (κ3) is 4.87. The number of fused-ring (bicyclic) bond motifs is 1. The molecule has 4 heterocycles. The molecule has 0 spiro atoms. The molecular formula is C24H27N5O5S2. The third-order valence-corrected chi connectivity index (χ3v) is 7.48. The number of nitrogens with zero attached hydrogens (tertiary/aromatic N) is 4. The smallest absolute Gasteiger partial charge is 0.308 e. The zero-order valence-electron chi connectivity index (χ0n) is 20.2. The molecule has 4 rings (SSSR count). The molecule has 1 N–H and O–H groups in total. The van der Waals surface area contributed by atoms with Gasteiger partial charge in [-0.1, -0.05) is 37.0 Å². The lowest BCUT2D eigenvalue weighted by Gasteiger charge is -2.36. The maximum Gasteiger partial charge on any atom is 0.308 e. The highest BCUT2D eigenvalue weighted by atomic mass is 32.2. The first-order valence-corrected chi connectivity index (χ1v) is 13.0. The van der Waals surface area contributed by atoms with E-state index in [0.717, 1.165) is 18.2 Å². The number of carbonyl (C=O) groups excluding carboxylic acids is 3. The van der Waals surface area contributed by atoms with Gasteiger partial charge in [-0.05, 0) is 38.5 Å². The first-order chi connectivity index (χ1) is 17.3. The SMILES string of the molecule is CCOC(=O)C[C@@H]1C(=O)NCCN1c1nc2ccccn2c(=O)c1/C=C1\SC(=S)N([C@@H](C)CC)C1=O. The van der Waals surface area contributed by atoms with Crippen molar-refractivity contribution in [1.29, 1.82) is 0 Å². The number of nitrogens with one attached hydrogen (secondary N) is 1. The van der Waals surface area contributed by atoms with E-state index in [0.29, 0.717) is 28.0 Å². The quantitative estimate of drug-likeness (QED) is 0.327. The minimum atomic E-state index is -0.919. The predicted molar refractivity (Wildman–Crippen MR) is 142 cm³/mol.